The predicted molar refractivity (Wildman–Crippen MR) is 85.5 cm³/mol. The Morgan fingerprint density at radius 2 is 2.25 bits per heavy atom. The Labute approximate surface area is 130 Å². The Kier molecular flexibility index (Phi) is 5.47. The van der Waals surface area contributed by atoms with Gasteiger partial charge < -0.3 is 4.90 Å². The van der Waals surface area contributed by atoms with Crippen molar-refractivity contribution in [2.75, 3.05) is 13.1 Å². The molecule has 5 heteroatoms. The number of carbonyl (C=O) groups excluding carboxylic acids is 1. The fraction of sp³-hybridized carbons (Fsp3) is 0.667. The number of aryl methyl sites for hydroxylation is 1. The fourth-order valence-electron chi connectivity index (χ4n) is 2.88. The maximum absolute atomic E-state index is 12.3. The second-order valence-corrected chi connectivity index (χ2v) is 7.04. The number of hydrogen-bond acceptors (Lipinski definition) is 3. The van der Waals surface area contributed by atoms with Crippen LogP contribution in [0.5, 0.6) is 0 Å². The number of likely N-dealkylation sites (N-methyl/N-ethyl adjacent to an activating group) is 1. The molecule has 3 nitrogen and oxygen atoms in total. The number of fused-ring (bicyclic) bond motifs is 1. The summed E-state index contributed by atoms with van der Waals surface area (Å²) in [6.45, 7) is 7.53. The summed E-state index contributed by atoms with van der Waals surface area (Å²) in [4.78, 5) is 15.6. The van der Waals surface area contributed by atoms with Crippen LogP contribution in [-0.2, 0) is 11.2 Å². The minimum Gasteiger partial charge on any atom is -0.342 e. The molecule has 1 aliphatic rings. The van der Waals surface area contributed by atoms with Crippen LogP contribution in [0.25, 0.3) is 0 Å². The van der Waals surface area contributed by atoms with Crippen LogP contribution in [0.3, 0.4) is 0 Å². The van der Waals surface area contributed by atoms with Gasteiger partial charge in [0.1, 0.15) is 0 Å². The van der Waals surface area contributed by atoms with Crippen molar-refractivity contribution >= 4 is 28.8 Å². The Balaban J connectivity index is 2.05. The summed E-state index contributed by atoms with van der Waals surface area (Å²) < 4.78 is 0.853. The molecule has 0 spiro atoms. The molecule has 0 aromatic carbocycles. The Hall–Kier alpha value is -0.580. The normalized spacial score (nSPS) is 19.5. The first-order chi connectivity index (χ1) is 9.56. The average Bonchev–Trinajstić information content (AvgIpc) is 2.81. The van der Waals surface area contributed by atoms with Gasteiger partial charge in [-0.25, -0.2) is 0 Å². The quantitative estimate of drug-likeness (QED) is 0.900. The Morgan fingerprint density at radius 3 is 2.90 bits per heavy atom. The van der Waals surface area contributed by atoms with Crippen molar-refractivity contribution in [1.82, 2.24) is 10.2 Å². The van der Waals surface area contributed by atoms with Gasteiger partial charge >= 0.3 is 0 Å². The molecule has 20 heavy (non-hydrogen) atoms. The first-order valence-corrected chi connectivity index (χ1v) is 8.59. The SMILES string of the molecule is CCN(CC)C(=O)C(C)NC1CCCc2sc(Cl)cc21. The van der Waals surface area contributed by atoms with Gasteiger partial charge in [0.15, 0.2) is 0 Å². The molecule has 2 unspecified atom stereocenters. The van der Waals surface area contributed by atoms with Crippen molar-refractivity contribution < 1.29 is 4.79 Å². The summed E-state index contributed by atoms with van der Waals surface area (Å²) >= 11 is 7.80. The first kappa shape index (κ1) is 15.8. The summed E-state index contributed by atoms with van der Waals surface area (Å²) in [5.74, 6) is 0.184. The van der Waals surface area contributed by atoms with Crippen molar-refractivity contribution in [3.05, 3.63) is 20.8 Å². The van der Waals surface area contributed by atoms with Gasteiger partial charge in [-0.2, -0.15) is 0 Å². The van der Waals surface area contributed by atoms with Gasteiger partial charge in [-0.15, -0.1) is 11.3 Å². The second kappa shape index (κ2) is 6.92. The largest absolute Gasteiger partial charge is 0.342 e. The van der Waals surface area contributed by atoms with E-state index in [9.17, 15) is 4.79 Å². The molecule has 1 heterocycles. The van der Waals surface area contributed by atoms with E-state index in [4.69, 9.17) is 11.6 Å². The number of rotatable bonds is 5. The zero-order valence-corrected chi connectivity index (χ0v) is 14.0. The van der Waals surface area contributed by atoms with Crippen molar-refractivity contribution in [2.24, 2.45) is 0 Å². The topological polar surface area (TPSA) is 32.3 Å². The minimum atomic E-state index is -0.149. The van der Waals surface area contributed by atoms with Gasteiger partial charge in [-0.05, 0) is 51.7 Å². The maximum atomic E-state index is 12.3. The highest BCUT2D eigenvalue weighted by molar-refractivity contribution is 7.16. The molecule has 1 amide bonds. The molecule has 1 aromatic heterocycles. The van der Waals surface area contributed by atoms with Crippen LogP contribution in [0, 0.1) is 0 Å². The standard InChI is InChI=1S/C15H23ClN2OS/c1-4-18(5-2)15(19)10(3)17-12-7-6-8-13-11(12)9-14(16)20-13/h9-10,12,17H,4-8H2,1-3H3. The smallest absolute Gasteiger partial charge is 0.239 e. The molecule has 0 saturated heterocycles. The molecule has 112 valence electrons. The summed E-state index contributed by atoms with van der Waals surface area (Å²) in [5, 5.41) is 3.49. The number of nitrogens with zero attached hydrogens (tertiary/aromatic N) is 1. The molecule has 0 radical (unpaired) electrons. The molecule has 1 N–H and O–H groups in total. The van der Waals surface area contributed by atoms with E-state index >= 15 is 0 Å². The van der Waals surface area contributed by atoms with Gasteiger partial charge in [-0.1, -0.05) is 11.6 Å². The Bertz CT molecular complexity index is 470. The number of hydrogen-bond donors (Lipinski definition) is 1. The maximum Gasteiger partial charge on any atom is 0.239 e. The lowest BCUT2D eigenvalue weighted by molar-refractivity contribution is -0.132. The van der Waals surface area contributed by atoms with Crippen molar-refractivity contribution in [3.63, 3.8) is 0 Å². The van der Waals surface area contributed by atoms with E-state index in [2.05, 4.69) is 11.4 Å². The highest BCUT2D eigenvalue weighted by Gasteiger charge is 2.27. The summed E-state index contributed by atoms with van der Waals surface area (Å²) in [6, 6.07) is 2.18. The van der Waals surface area contributed by atoms with E-state index < -0.39 is 0 Å². The van der Waals surface area contributed by atoms with E-state index in [1.165, 1.54) is 10.4 Å². The third-order valence-electron chi connectivity index (χ3n) is 3.98. The van der Waals surface area contributed by atoms with Gasteiger partial charge in [-0.3, -0.25) is 10.1 Å². The van der Waals surface area contributed by atoms with Crippen LogP contribution in [0.1, 0.15) is 50.1 Å². The van der Waals surface area contributed by atoms with E-state index in [-0.39, 0.29) is 18.0 Å². The highest BCUT2D eigenvalue weighted by Crippen LogP contribution is 2.37. The van der Waals surface area contributed by atoms with Gasteiger partial charge in [0.25, 0.3) is 0 Å². The second-order valence-electron chi connectivity index (χ2n) is 5.27. The van der Waals surface area contributed by atoms with Crippen LogP contribution in [0.15, 0.2) is 6.07 Å². The van der Waals surface area contributed by atoms with Crippen LogP contribution in [-0.4, -0.2) is 29.9 Å². The number of thiophene rings is 1. The molecular formula is C15H23ClN2OS. The van der Waals surface area contributed by atoms with E-state index in [1.807, 2.05) is 25.7 Å². The molecule has 0 fully saturated rings. The lowest BCUT2D eigenvalue weighted by Gasteiger charge is -2.29. The summed E-state index contributed by atoms with van der Waals surface area (Å²) in [7, 11) is 0. The molecule has 1 aromatic rings. The van der Waals surface area contributed by atoms with E-state index in [1.54, 1.807) is 11.3 Å². The zero-order chi connectivity index (χ0) is 14.7. The van der Waals surface area contributed by atoms with Crippen LogP contribution < -0.4 is 5.32 Å². The monoisotopic (exact) mass is 314 g/mol. The zero-order valence-electron chi connectivity index (χ0n) is 12.4. The van der Waals surface area contributed by atoms with Gasteiger partial charge in [0, 0.05) is 24.0 Å². The predicted octanol–water partition coefficient (Wildman–Crippen LogP) is 3.63. The van der Waals surface area contributed by atoms with Gasteiger partial charge in [0.2, 0.25) is 5.91 Å². The van der Waals surface area contributed by atoms with Crippen molar-refractivity contribution in [2.45, 2.75) is 52.1 Å². The summed E-state index contributed by atoms with van der Waals surface area (Å²) in [5.41, 5.74) is 1.30. The molecule has 1 aliphatic carbocycles. The molecule has 0 aliphatic heterocycles. The molecular weight excluding hydrogens is 292 g/mol. The van der Waals surface area contributed by atoms with Gasteiger partial charge in [0.05, 0.1) is 10.4 Å². The fourth-order valence-corrected chi connectivity index (χ4v) is 4.26. The van der Waals surface area contributed by atoms with Crippen LogP contribution in [0.4, 0.5) is 0 Å². The number of nitrogens with one attached hydrogen (secondary N) is 1. The van der Waals surface area contributed by atoms with E-state index in [0.717, 1.165) is 36.7 Å². The average molecular weight is 315 g/mol. The summed E-state index contributed by atoms with van der Waals surface area (Å²) in [6.07, 6.45) is 3.35. The molecule has 2 atom stereocenters. The number of amides is 1. The molecule has 0 bridgehead atoms. The van der Waals surface area contributed by atoms with E-state index in [0.29, 0.717) is 0 Å². The lowest BCUT2D eigenvalue weighted by Crippen LogP contribution is -2.46. The highest BCUT2D eigenvalue weighted by atomic mass is 35.5. The Morgan fingerprint density at radius 1 is 1.55 bits per heavy atom. The first-order valence-electron chi connectivity index (χ1n) is 7.39. The minimum absolute atomic E-state index is 0.149. The lowest BCUT2D eigenvalue weighted by atomic mass is 9.93. The van der Waals surface area contributed by atoms with Crippen LogP contribution in [0.2, 0.25) is 4.34 Å². The third kappa shape index (κ3) is 3.35. The van der Waals surface area contributed by atoms with Crippen molar-refractivity contribution in [1.29, 1.82) is 0 Å². The third-order valence-corrected chi connectivity index (χ3v) is 5.32. The number of halogens is 1. The van der Waals surface area contributed by atoms with Crippen LogP contribution >= 0.6 is 22.9 Å². The molecule has 0 saturated carbocycles. The molecule has 2 rings (SSSR count). The number of carbonyl (C=O) groups is 1. The van der Waals surface area contributed by atoms with Crippen molar-refractivity contribution in [3.8, 4) is 0 Å².